The number of rotatable bonds is 2. The fourth-order valence-electron chi connectivity index (χ4n) is 3.36. The maximum atomic E-state index is 13.6. The molecule has 2 nitrogen and oxygen atoms in total. The summed E-state index contributed by atoms with van der Waals surface area (Å²) in [5.41, 5.74) is 0.420. The van der Waals surface area contributed by atoms with Gasteiger partial charge in [0.05, 0.1) is 6.10 Å². The summed E-state index contributed by atoms with van der Waals surface area (Å²) in [6, 6.07) is 4.25. The lowest BCUT2D eigenvalue weighted by atomic mass is 9.99. The molecule has 0 saturated carbocycles. The Bertz CT molecular complexity index is 437. The van der Waals surface area contributed by atoms with Crippen LogP contribution in [0.3, 0.4) is 0 Å². The maximum Gasteiger partial charge on any atom is 0.127 e. The molecule has 2 atom stereocenters. The van der Waals surface area contributed by atoms with Gasteiger partial charge in [0.2, 0.25) is 0 Å². The maximum absolute atomic E-state index is 13.6. The summed E-state index contributed by atoms with van der Waals surface area (Å²) >= 11 is 0. The third-order valence-electron chi connectivity index (χ3n) is 4.22. The molecule has 1 aromatic rings. The average molecular weight is 253 g/mol. The van der Waals surface area contributed by atoms with Crippen molar-refractivity contribution in [1.82, 2.24) is 4.90 Å². The first-order chi connectivity index (χ1) is 8.63. The molecule has 4 heteroatoms. The van der Waals surface area contributed by atoms with Gasteiger partial charge in [-0.05, 0) is 43.9 Å². The molecule has 2 aliphatic heterocycles. The largest absolute Gasteiger partial charge is 0.393 e. The van der Waals surface area contributed by atoms with Crippen LogP contribution in [-0.2, 0) is 6.54 Å². The predicted molar refractivity (Wildman–Crippen MR) is 64.0 cm³/mol. The van der Waals surface area contributed by atoms with Crippen molar-refractivity contribution < 1.29 is 13.9 Å². The minimum absolute atomic E-state index is 0.226. The quantitative estimate of drug-likeness (QED) is 0.875. The van der Waals surface area contributed by atoms with Gasteiger partial charge in [-0.3, -0.25) is 4.90 Å². The van der Waals surface area contributed by atoms with Crippen LogP contribution in [0, 0.1) is 11.6 Å². The second-order valence-electron chi connectivity index (χ2n) is 5.42. The molecular weight excluding hydrogens is 236 g/mol. The first kappa shape index (κ1) is 12.1. The van der Waals surface area contributed by atoms with E-state index in [1.54, 1.807) is 0 Å². The van der Waals surface area contributed by atoms with Crippen molar-refractivity contribution in [3.8, 4) is 0 Å². The molecular formula is C14H17F2NO. The molecule has 0 aliphatic carbocycles. The first-order valence-electron chi connectivity index (χ1n) is 6.51. The van der Waals surface area contributed by atoms with Gasteiger partial charge in [0.15, 0.2) is 0 Å². The summed E-state index contributed by atoms with van der Waals surface area (Å²) in [6.45, 7) is 0.450. The fraction of sp³-hybridized carbons (Fsp3) is 0.571. The zero-order valence-electron chi connectivity index (χ0n) is 10.1. The van der Waals surface area contributed by atoms with E-state index < -0.39 is 5.82 Å². The Labute approximate surface area is 105 Å². The lowest BCUT2D eigenvalue weighted by molar-refractivity contribution is 0.0304. The molecule has 2 unspecified atom stereocenters. The molecule has 0 radical (unpaired) electrons. The normalized spacial score (nSPS) is 31.8. The fourth-order valence-corrected chi connectivity index (χ4v) is 3.36. The Morgan fingerprint density at radius 1 is 1.17 bits per heavy atom. The van der Waals surface area contributed by atoms with E-state index in [2.05, 4.69) is 4.90 Å². The monoisotopic (exact) mass is 253 g/mol. The summed E-state index contributed by atoms with van der Waals surface area (Å²) in [5, 5.41) is 9.71. The van der Waals surface area contributed by atoms with Gasteiger partial charge < -0.3 is 5.11 Å². The van der Waals surface area contributed by atoms with Crippen LogP contribution in [0.2, 0.25) is 0 Å². The van der Waals surface area contributed by atoms with Crippen molar-refractivity contribution in [3.05, 3.63) is 35.4 Å². The highest BCUT2D eigenvalue weighted by molar-refractivity contribution is 5.19. The van der Waals surface area contributed by atoms with Crippen molar-refractivity contribution in [2.24, 2.45) is 0 Å². The number of hydrogen-bond acceptors (Lipinski definition) is 2. The second-order valence-corrected chi connectivity index (χ2v) is 5.42. The van der Waals surface area contributed by atoms with Crippen LogP contribution in [0.5, 0.6) is 0 Å². The van der Waals surface area contributed by atoms with E-state index >= 15 is 0 Å². The zero-order valence-corrected chi connectivity index (χ0v) is 10.1. The highest BCUT2D eigenvalue weighted by atomic mass is 19.1. The van der Waals surface area contributed by atoms with Crippen LogP contribution in [-0.4, -0.2) is 28.2 Å². The molecule has 1 aromatic carbocycles. The Morgan fingerprint density at radius 2 is 1.83 bits per heavy atom. The Balaban J connectivity index is 1.79. The molecule has 0 amide bonds. The minimum Gasteiger partial charge on any atom is -0.393 e. The average Bonchev–Trinajstić information content (AvgIpc) is 2.57. The van der Waals surface area contributed by atoms with Gasteiger partial charge in [-0.25, -0.2) is 8.78 Å². The van der Waals surface area contributed by atoms with Crippen molar-refractivity contribution in [3.63, 3.8) is 0 Å². The third kappa shape index (κ3) is 2.15. The highest BCUT2D eigenvalue weighted by Crippen LogP contribution is 2.37. The van der Waals surface area contributed by atoms with Crippen LogP contribution >= 0.6 is 0 Å². The van der Waals surface area contributed by atoms with E-state index in [9.17, 15) is 13.9 Å². The molecule has 0 spiro atoms. The Kier molecular flexibility index (Phi) is 3.08. The molecule has 2 saturated heterocycles. The number of fused-ring (bicyclic) bond motifs is 2. The van der Waals surface area contributed by atoms with Crippen LogP contribution in [0.4, 0.5) is 8.78 Å². The smallest absolute Gasteiger partial charge is 0.127 e. The van der Waals surface area contributed by atoms with Crippen molar-refractivity contribution in [2.45, 2.75) is 50.4 Å². The van der Waals surface area contributed by atoms with Crippen molar-refractivity contribution in [1.29, 1.82) is 0 Å². The molecule has 2 heterocycles. The number of aliphatic hydroxyl groups excluding tert-OH is 1. The third-order valence-corrected chi connectivity index (χ3v) is 4.22. The molecule has 2 aliphatic rings. The number of nitrogens with zero attached hydrogens (tertiary/aromatic N) is 1. The molecule has 3 rings (SSSR count). The summed E-state index contributed by atoms with van der Waals surface area (Å²) in [6.07, 6.45) is 3.40. The van der Waals surface area contributed by atoms with Gasteiger partial charge in [0.25, 0.3) is 0 Å². The van der Waals surface area contributed by atoms with Gasteiger partial charge in [-0.15, -0.1) is 0 Å². The van der Waals surface area contributed by atoms with E-state index in [1.165, 1.54) is 12.1 Å². The van der Waals surface area contributed by atoms with Gasteiger partial charge in [0.1, 0.15) is 11.6 Å². The lowest BCUT2D eigenvalue weighted by Crippen LogP contribution is -2.44. The van der Waals surface area contributed by atoms with Gasteiger partial charge in [-0.1, -0.05) is 0 Å². The first-order valence-corrected chi connectivity index (χ1v) is 6.51. The zero-order chi connectivity index (χ0) is 12.7. The molecule has 18 heavy (non-hydrogen) atoms. The number of aliphatic hydroxyl groups is 1. The highest BCUT2D eigenvalue weighted by Gasteiger charge is 2.40. The Morgan fingerprint density at radius 3 is 2.50 bits per heavy atom. The number of halogens is 2. The van der Waals surface area contributed by atoms with Gasteiger partial charge in [-0.2, -0.15) is 0 Å². The molecule has 2 bridgehead atoms. The van der Waals surface area contributed by atoms with Crippen LogP contribution in [0.1, 0.15) is 31.2 Å². The SMILES string of the molecule is OC1CC2CCC(C1)N2Cc1cc(F)ccc1F. The second kappa shape index (κ2) is 4.59. The summed E-state index contributed by atoms with van der Waals surface area (Å²) in [4.78, 5) is 2.23. The van der Waals surface area contributed by atoms with Gasteiger partial charge in [0, 0.05) is 24.2 Å². The topological polar surface area (TPSA) is 23.5 Å². The number of hydrogen-bond donors (Lipinski definition) is 1. The van der Waals surface area contributed by atoms with E-state index in [1.807, 2.05) is 0 Å². The van der Waals surface area contributed by atoms with Crippen molar-refractivity contribution in [2.75, 3.05) is 0 Å². The van der Waals surface area contributed by atoms with E-state index in [4.69, 9.17) is 0 Å². The molecule has 98 valence electrons. The molecule has 2 fully saturated rings. The van der Waals surface area contributed by atoms with Crippen LogP contribution < -0.4 is 0 Å². The van der Waals surface area contributed by atoms with Crippen LogP contribution in [0.15, 0.2) is 18.2 Å². The lowest BCUT2D eigenvalue weighted by Gasteiger charge is -2.37. The standard InChI is InChI=1S/C14H17F2NO/c15-10-1-4-14(16)9(5-10)8-17-11-2-3-12(17)7-13(18)6-11/h1,4-5,11-13,18H,2-3,6-8H2. The summed E-state index contributed by atoms with van der Waals surface area (Å²) in [7, 11) is 0. The number of piperidine rings is 1. The summed E-state index contributed by atoms with van der Waals surface area (Å²) < 4.78 is 26.8. The number of benzene rings is 1. The van der Waals surface area contributed by atoms with Crippen molar-refractivity contribution >= 4 is 0 Å². The molecule has 1 N–H and O–H groups in total. The molecule has 0 aromatic heterocycles. The van der Waals surface area contributed by atoms with E-state index in [0.29, 0.717) is 24.2 Å². The summed E-state index contributed by atoms with van der Waals surface area (Å²) in [5.74, 6) is -0.738. The van der Waals surface area contributed by atoms with E-state index in [0.717, 1.165) is 31.7 Å². The minimum atomic E-state index is -0.393. The van der Waals surface area contributed by atoms with Gasteiger partial charge >= 0.3 is 0 Å². The predicted octanol–water partition coefficient (Wildman–Crippen LogP) is 2.45. The van der Waals surface area contributed by atoms with Crippen LogP contribution in [0.25, 0.3) is 0 Å². The van der Waals surface area contributed by atoms with E-state index in [-0.39, 0.29) is 11.9 Å². The Hall–Kier alpha value is -1.00.